The molecule has 0 aliphatic heterocycles. The lowest BCUT2D eigenvalue weighted by Crippen LogP contribution is -2.19. The third-order valence-electron chi connectivity index (χ3n) is 2.66. The van der Waals surface area contributed by atoms with E-state index in [0.29, 0.717) is 0 Å². The topological polar surface area (TPSA) is 21.3 Å². The van der Waals surface area contributed by atoms with Crippen LogP contribution in [0.4, 0.5) is 0 Å². The highest BCUT2D eigenvalue weighted by atomic mass is 79.9. The maximum absolute atomic E-state index is 5.21. The molecule has 3 heteroatoms. The van der Waals surface area contributed by atoms with Gasteiger partial charge in [0.2, 0.25) is 0 Å². The van der Waals surface area contributed by atoms with Crippen LogP contribution < -0.4 is 10.1 Å². The molecule has 1 saturated carbocycles. The zero-order valence-corrected chi connectivity index (χ0v) is 10.5. The normalized spacial score (nSPS) is 15.3. The average Bonchev–Trinajstić information content (AvgIpc) is 3.05. The fourth-order valence-corrected chi connectivity index (χ4v) is 2.01. The summed E-state index contributed by atoms with van der Waals surface area (Å²) in [6, 6.07) is 6.90. The van der Waals surface area contributed by atoms with Crippen molar-refractivity contribution in [1.82, 2.24) is 5.32 Å². The van der Waals surface area contributed by atoms with Gasteiger partial charge >= 0.3 is 0 Å². The second-order valence-electron chi connectivity index (χ2n) is 3.94. The first-order chi connectivity index (χ1) is 7.29. The summed E-state index contributed by atoms with van der Waals surface area (Å²) in [5.74, 6) is 0.930. The van der Waals surface area contributed by atoms with Gasteiger partial charge in [-0.3, -0.25) is 0 Å². The second kappa shape index (κ2) is 4.99. The Labute approximate surface area is 99.1 Å². The molecule has 2 rings (SSSR count). The third-order valence-corrected chi connectivity index (χ3v) is 3.43. The molecule has 1 aromatic rings. The molecule has 1 aliphatic carbocycles. The molecule has 1 N–H and O–H groups in total. The van der Waals surface area contributed by atoms with Crippen molar-refractivity contribution in [1.29, 1.82) is 0 Å². The second-order valence-corrected chi connectivity index (χ2v) is 4.79. The Bertz CT molecular complexity index is 336. The monoisotopic (exact) mass is 269 g/mol. The molecule has 0 spiro atoms. The minimum Gasteiger partial charge on any atom is -0.497 e. The van der Waals surface area contributed by atoms with Crippen molar-refractivity contribution < 1.29 is 4.74 Å². The summed E-state index contributed by atoms with van der Waals surface area (Å²) in [6.07, 6.45) is 3.74. The van der Waals surface area contributed by atoms with Gasteiger partial charge < -0.3 is 10.1 Å². The van der Waals surface area contributed by atoms with Crippen molar-refractivity contribution in [2.75, 3.05) is 13.7 Å². The summed E-state index contributed by atoms with van der Waals surface area (Å²) in [5, 5.41) is 3.51. The fraction of sp³-hybridized carbons (Fsp3) is 0.500. The Morgan fingerprint density at radius 2 is 2.27 bits per heavy atom. The van der Waals surface area contributed by atoms with Gasteiger partial charge in [0.05, 0.1) is 7.11 Å². The molecule has 2 nitrogen and oxygen atoms in total. The van der Waals surface area contributed by atoms with Gasteiger partial charge in [-0.2, -0.15) is 0 Å². The molecule has 0 radical (unpaired) electrons. The summed E-state index contributed by atoms with van der Waals surface area (Å²) >= 11 is 3.56. The highest BCUT2D eigenvalue weighted by Gasteiger charge is 2.19. The van der Waals surface area contributed by atoms with Crippen molar-refractivity contribution in [2.24, 2.45) is 0 Å². The first-order valence-electron chi connectivity index (χ1n) is 5.35. The Balaban J connectivity index is 1.92. The van der Waals surface area contributed by atoms with E-state index in [1.165, 1.54) is 22.9 Å². The lowest BCUT2D eigenvalue weighted by molar-refractivity contribution is 0.414. The van der Waals surface area contributed by atoms with E-state index < -0.39 is 0 Å². The van der Waals surface area contributed by atoms with E-state index in [-0.39, 0.29) is 0 Å². The number of ether oxygens (including phenoxy) is 1. The van der Waals surface area contributed by atoms with Crippen LogP contribution in [0.5, 0.6) is 5.75 Å². The van der Waals surface area contributed by atoms with Gasteiger partial charge in [0.1, 0.15) is 5.75 Å². The zero-order chi connectivity index (χ0) is 10.7. The van der Waals surface area contributed by atoms with Crippen LogP contribution in [-0.4, -0.2) is 19.7 Å². The van der Waals surface area contributed by atoms with Crippen molar-refractivity contribution in [3.05, 3.63) is 28.2 Å². The van der Waals surface area contributed by atoms with Crippen LogP contribution in [0, 0.1) is 0 Å². The van der Waals surface area contributed by atoms with Crippen LogP contribution in [0.3, 0.4) is 0 Å². The van der Waals surface area contributed by atoms with Crippen LogP contribution >= 0.6 is 15.9 Å². The minimum absolute atomic E-state index is 0.786. The number of halogens is 1. The molecular formula is C12H16BrNO. The maximum Gasteiger partial charge on any atom is 0.119 e. The molecule has 15 heavy (non-hydrogen) atoms. The van der Waals surface area contributed by atoms with Gasteiger partial charge in [-0.05, 0) is 49.6 Å². The number of nitrogens with one attached hydrogen (secondary N) is 1. The molecular weight excluding hydrogens is 254 g/mol. The first kappa shape index (κ1) is 11.0. The number of methoxy groups -OCH3 is 1. The molecule has 0 aromatic heterocycles. The van der Waals surface area contributed by atoms with E-state index in [9.17, 15) is 0 Å². The van der Waals surface area contributed by atoms with Gasteiger partial charge in [-0.25, -0.2) is 0 Å². The summed E-state index contributed by atoms with van der Waals surface area (Å²) in [6.45, 7) is 1.05. The molecule has 1 aromatic carbocycles. The smallest absolute Gasteiger partial charge is 0.119 e. The van der Waals surface area contributed by atoms with E-state index >= 15 is 0 Å². The Kier molecular flexibility index (Phi) is 3.65. The first-order valence-corrected chi connectivity index (χ1v) is 6.14. The van der Waals surface area contributed by atoms with E-state index in [4.69, 9.17) is 4.74 Å². The molecule has 0 unspecified atom stereocenters. The van der Waals surface area contributed by atoms with Crippen LogP contribution in [0.2, 0.25) is 0 Å². The number of rotatable bonds is 5. The molecule has 1 fully saturated rings. The van der Waals surface area contributed by atoms with Crippen LogP contribution in [0.1, 0.15) is 18.4 Å². The zero-order valence-electron chi connectivity index (χ0n) is 8.92. The highest BCUT2D eigenvalue weighted by molar-refractivity contribution is 9.10. The van der Waals surface area contributed by atoms with Gasteiger partial charge in [-0.15, -0.1) is 0 Å². The number of benzene rings is 1. The van der Waals surface area contributed by atoms with Crippen molar-refractivity contribution in [3.63, 3.8) is 0 Å². The number of hydrogen-bond donors (Lipinski definition) is 1. The molecule has 0 amide bonds. The van der Waals surface area contributed by atoms with Crippen molar-refractivity contribution in [3.8, 4) is 5.75 Å². The predicted octanol–water partition coefficient (Wildman–Crippen LogP) is 2.75. The molecule has 0 bridgehead atoms. The standard InChI is InChI=1S/C12H16BrNO/c1-15-11-4-5-12(13)9(8-11)6-7-14-10-2-3-10/h4-5,8,10,14H,2-3,6-7H2,1H3. The average molecular weight is 270 g/mol. The molecule has 0 heterocycles. The molecule has 0 saturated heterocycles. The Hall–Kier alpha value is -0.540. The SMILES string of the molecule is COc1ccc(Br)c(CCNC2CC2)c1. The predicted molar refractivity (Wildman–Crippen MR) is 65.4 cm³/mol. The maximum atomic E-state index is 5.21. The lowest BCUT2D eigenvalue weighted by Gasteiger charge is -2.07. The van der Waals surface area contributed by atoms with E-state index in [2.05, 4.69) is 27.3 Å². The van der Waals surface area contributed by atoms with Gasteiger partial charge in [0, 0.05) is 10.5 Å². The Morgan fingerprint density at radius 1 is 1.47 bits per heavy atom. The van der Waals surface area contributed by atoms with Crippen molar-refractivity contribution >= 4 is 15.9 Å². The fourth-order valence-electron chi connectivity index (χ4n) is 1.57. The third kappa shape index (κ3) is 3.21. The van der Waals surface area contributed by atoms with E-state index in [1.54, 1.807) is 7.11 Å². The van der Waals surface area contributed by atoms with E-state index in [1.807, 2.05) is 12.1 Å². The summed E-state index contributed by atoms with van der Waals surface area (Å²) in [7, 11) is 1.70. The minimum atomic E-state index is 0.786. The molecule has 0 atom stereocenters. The number of hydrogen-bond acceptors (Lipinski definition) is 2. The van der Waals surface area contributed by atoms with E-state index in [0.717, 1.165) is 24.8 Å². The van der Waals surface area contributed by atoms with Crippen molar-refractivity contribution in [2.45, 2.75) is 25.3 Å². The largest absolute Gasteiger partial charge is 0.497 e. The van der Waals surface area contributed by atoms with Gasteiger partial charge in [-0.1, -0.05) is 15.9 Å². The summed E-state index contributed by atoms with van der Waals surface area (Å²) in [4.78, 5) is 0. The van der Waals surface area contributed by atoms with Crippen LogP contribution in [0.25, 0.3) is 0 Å². The van der Waals surface area contributed by atoms with Gasteiger partial charge in [0.15, 0.2) is 0 Å². The van der Waals surface area contributed by atoms with Gasteiger partial charge in [0.25, 0.3) is 0 Å². The Morgan fingerprint density at radius 3 is 2.93 bits per heavy atom. The quantitative estimate of drug-likeness (QED) is 0.888. The summed E-state index contributed by atoms with van der Waals surface area (Å²) in [5.41, 5.74) is 1.31. The summed E-state index contributed by atoms with van der Waals surface area (Å²) < 4.78 is 6.38. The highest BCUT2D eigenvalue weighted by Crippen LogP contribution is 2.23. The van der Waals surface area contributed by atoms with Crippen LogP contribution in [-0.2, 0) is 6.42 Å². The molecule has 82 valence electrons. The van der Waals surface area contributed by atoms with Crippen LogP contribution in [0.15, 0.2) is 22.7 Å². The lowest BCUT2D eigenvalue weighted by atomic mass is 10.1. The molecule has 1 aliphatic rings.